The molecule has 0 unspecified atom stereocenters. The van der Waals surface area contributed by atoms with Crippen LogP contribution in [-0.4, -0.2) is 42.0 Å². The standard InChI is InChI=1S/C12H15BrClN3O/c1-9(18)16-3-2-4-17(6-5-16)12-11(14)7-10(13)8-15-12/h7-8H,2-6H2,1H3. The number of hydrogen-bond donors (Lipinski definition) is 0. The van der Waals surface area contributed by atoms with E-state index in [1.807, 2.05) is 11.0 Å². The van der Waals surface area contributed by atoms with Crippen LogP contribution in [0.25, 0.3) is 0 Å². The number of anilines is 1. The monoisotopic (exact) mass is 331 g/mol. The van der Waals surface area contributed by atoms with Crippen LogP contribution in [0.4, 0.5) is 5.82 Å². The molecule has 1 aliphatic heterocycles. The summed E-state index contributed by atoms with van der Waals surface area (Å²) in [6.07, 6.45) is 2.68. The lowest BCUT2D eigenvalue weighted by atomic mass is 10.3. The summed E-state index contributed by atoms with van der Waals surface area (Å²) in [5.74, 6) is 0.928. The van der Waals surface area contributed by atoms with Crippen molar-refractivity contribution in [2.45, 2.75) is 13.3 Å². The van der Waals surface area contributed by atoms with Crippen LogP contribution in [0.3, 0.4) is 0 Å². The Balaban J connectivity index is 2.12. The van der Waals surface area contributed by atoms with Gasteiger partial charge in [-0.05, 0) is 28.4 Å². The van der Waals surface area contributed by atoms with Crippen molar-refractivity contribution >= 4 is 39.3 Å². The second kappa shape index (κ2) is 5.89. The smallest absolute Gasteiger partial charge is 0.219 e. The van der Waals surface area contributed by atoms with Crippen molar-refractivity contribution in [2.75, 3.05) is 31.1 Å². The highest BCUT2D eigenvalue weighted by molar-refractivity contribution is 9.10. The molecule has 0 aromatic carbocycles. The van der Waals surface area contributed by atoms with E-state index in [4.69, 9.17) is 11.6 Å². The zero-order valence-corrected chi connectivity index (χ0v) is 12.5. The molecule has 4 nitrogen and oxygen atoms in total. The van der Waals surface area contributed by atoms with Gasteiger partial charge in [0.15, 0.2) is 0 Å². The summed E-state index contributed by atoms with van der Waals surface area (Å²) in [6, 6.07) is 1.84. The van der Waals surface area contributed by atoms with Crippen molar-refractivity contribution < 1.29 is 4.79 Å². The molecule has 2 rings (SSSR count). The summed E-state index contributed by atoms with van der Waals surface area (Å²) in [5.41, 5.74) is 0. The molecular formula is C12H15BrClN3O. The number of hydrogen-bond acceptors (Lipinski definition) is 3. The molecule has 1 aliphatic rings. The molecule has 0 bridgehead atoms. The maximum atomic E-state index is 11.4. The number of carbonyl (C=O) groups is 1. The molecule has 0 atom stereocenters. The fraction of sp³-hybridized carbons (Fsp3) is 0.500. The van der Waals surface area contributed by atoms with Crippen LogP contribution in [0.5, 0.6) is 0 Å². The maximum Gasteiger partial charge on any atom is 0.219 e. The second-order valence-electron chi connectivity index (χ2n) is 4.31. The van der Waals surface area contributed by atoms with Crippen molar-refractivity contribution in [1.82, 2.24) is 9.88 Å². The Morgan fingerprint density at radius 3 is 2.83 bits per heavy atom. The van der Waals surface area contributed by atoms with Crippen LogP contribution in [-0.2, 0) is 4.79 Å². The third-order valence-corrected chi connectivity index (χ3v) is 3.74. The van der Waals surface area contributed by atoms with Crippen molar-refractivity contribution in [3.05, 3.63) is 21.8 Å². The normalized spacial score (nSPS) is 16.6. The van der Waals surface area contributed by atoms with Crippen LogP contribution in [0.1, 0.15) is 13.3 Å². The molecule has 0 spiro atoms. The van der Waals surface area contributed by atoms with Crippen LogP contribution in [0.2, 0.25) is 5.02 Å². The minimum atomic E-state index is 0.131. The number of rotatable bonds is 1. The van der Waals surface area contributed by atoms with E-state index in [9.17, 15) is 4.79 Å². The summed E-state index contributed by atoms with van der Waals surface area (Å²) < 4.78 is 0.872. The van der Waals surface area contributed by atoms with Gasteiger partial charge in [0.25, 0.3) is 0 Å². The van der Waals surface area contributed by atoms with Crippen molar-refractivity contribution in [1.29, 1.82) is 0 Å². The van der Waals surface area contributed by atoms with Crippen molar-refractivity contribution in [3.63, 3.8) is 0 Å². The van der Waals surface area contributed by atoms with Gasteiger partial charge in [-0.25, -0.2) is 4.98 Å². The van der Waals surface area contributed by atoms with Gasteiger partial charge >= 0.3 is 0 Å². The van der Waals surface area contributed by atoms with Crippen LogP contribution < -0.4 is 4.90 Å². The Morgan fingerprint density at radius 1 is 1.39 bits per heavy atom. The summed E-state index contributed by atoms with van der Waals surface area (Å²) >= 11 is 9.55. The van der Waals surface area contributed by atoms with Crippen LogP contribution in [0, 0.1) is 0 Å². The van der Waals surface area contributed by atoms with Crippen LogP contribution >= 0.6 is 27.5 Å². The van der Waals surface area contributed by atoms with E-state index >= 15 is 0 Å². The molecule has 1 amide bonds. The number of nitrogens with zero attached hydrogens (tertiary/aromatic N) is 3. The molecule has 1 saturated heterocycles. The molecule has 98 valence electrons. The molecule has 1 fully saturated rings. The first-order valence-corrected chi connectivity index (χ1v) is 7.06. The van der Waals surface area contributed by atoms with Crippen LogP contribution in [0.15, 0.2) is 16.7 Å². The Kier molecular flexibility index (Phi) is 4.45. The van der Waals surface area contributed by atoms with E-state index in [1.54, 1.807) is 13.1 Å². The first kappa shape index (κ1) is 13.6. The predicted octanol–water partition coefficient (Wildman–Crippen LogP) is 2.56. The lowest BCUT2D eigenvalue weighted by Crippen LogP contribution is -2.33. The minimum absolute atomic E-state index is 0.131. The fourth-order valence-corrected chi connectivity index (χ4v) is 2.83. The van der Waals surface area contributed by atoms with Gasteiger partial charge in [-0.2, -0.15) is 0 Å². The molecule has 6 heteroatoms. The van der Waals surface area contributed by atoms with E-state index < -0.39 is 0 Å². The Labute approximate surface area is 120 Å². The zero-order valence-electron chi connectivity index (χ0n) is 10.2. The highest BCUT2D eigenvalue weighted by Crippen LogP contribution is 2.26. The average molecular weight is 333 g/mol. The SMILES string of the molecule is CC(=O)N1CCCN(c2ncc(Br)cc2Cl)CC1. The summed E-state index contributed by atoms with van der Waals surface area (Å²) in [4.78, 5) is 19.7. The summed E-state index contributed by atoms with van der Waals surface area (Å²) in [7, 11) is 0. The fourth-order valence-electron chi connectivity index (χ4n) is 2.08. The zero-order chi connectivity index (χ0) is 13.1. The molecule has 18 heavy (non-hydrogen) atoms. The van der Waals surface area contributed by atoms with Gasteiger partial charge < -0.3 is 9.80 Å². The summed E-state index contributed by atoms with van der Waals surface area (Å²) in [5, 5.41) is 0.639. The molecule has 0 aliphatic carbocycles. The van der Waals surface area contributed by atoms with Gasteiger partial charge in [0, 0.05) is 43.8 Å². The topological polar surface area (TPSA) is 36.4 Å². The number of carbonyl (C=O) groups excluding carboxylic acids is 1. The maximum absolute atomic E-state index is 11.4. The Hall–Kier alpha value is -0.810. The highest BCUT2D eigenvalue weighted by Gasteiger charge is 2.19. The molecule has 2 heterocycles. The van der Waals surface area contributed by atoms with Gasteiger partial charge in [0.2, 0.25) is 5.91 Å². The predicted molar refractivity (Wildman–Crippen MR) is 76.0 cm³/mol. The third-order valence-electron chi connectivity index (χ3n) is 3.03. The average Bonchev–Trinajstić information content (AvgIpc) is 2.54. The Bertz CT molecular complexity index is 455. The van der Waals surface area contributed by atoms with Gasteiger partial charge in [0.1, 0.15) is 5.82 Å². The first-order chi connectivity index (χ1) is 8.58. The quantitative estimate of drug-likeness (QED) is 0.793. The molecule has 0 saturated carbocycles. The number of aromatic nitrogens is 1. The minimum Gasteiger partial charge on any atom is -0.354 e. The van der Waals surface area contributed by atoms with Gasteiger partial charge in [-0.1, -0.05) is 11.6 Å². The third kappa shape index (κ3) is 3.14. The molecule has 1 aromatic rings. The molecule has 0 N–H and O–H groups in total. The number of pyridine rings is 1. The number of halogens is 2. The number of amides is 1. The van der Waals surface area contributed by atoms with Crippen molar-refractivity contribution in [2.24, 2.45) is 0 Å². The Morgan fingerprint density at radius 2 is 2.17 bits per heavy atom. The van der Waals surface area contributed by atoms with Crippen molar-refractivity contribution in [3.8, 4) is 0 Å². The van der Waals surface area contributed by atoms with Gasteiger partial charge in [-0.3, -0.25) is 4.79 Å². The molecule has 0 radical (unpaired) electrons. The van der Waals surface area contributed by atoms with Gasteiger partial charge in [0.05, 0.1) is 5.02 Å². The molecular weight excluding hydrogens is 318 g/mol. The second-order valence-corrected chi connectivity index (χ2v) is 5.63. The lowest BCUT2D eigenvalue weighted by molar-refractivity contribution is -0.128. The largest absolute Gasteiger partial charge is 0.354 e. The van der Waals surface area contributed by atoms with E-state index in [-0.39, 0.29) is 5.91 Å². The summed E-state index contributed by atoms with van der Waals surface area (Å²) in [6.45, 7) is 4.79. The van der Waals surface area contributed by atoms with Gasteiger partial charge in [-0.15, -0.1) is 0 Å². The lowest BCUT2D eigenvalue weighted by Gasteiger charge is -2.23. The van der Waals surface area contributed by atoms with E-state index in [2.05, 4.69) is 25.8 Å². The first-order valence-electron chi connectivity index (χ1n) is 5.89. The van der Waals surface area contributed by atoms with E-state index in [1.165, 1.54) is 0 Å². The molecule has 1 aromatic heterocycles. The highest BCUT2D eigenvalue weighted by atomic mass is 79.9. The van der Waals surface area contributed by atoms with E-state index in [0.29, 0.717) is 5.02 Å². The van der Waals surface area contributed by atoms with E-state index in [0.717, 1.165) is 42.9 Å².